The summed E-state index contributed by atoms with van der Waals surface area (Å²) >= 11 is 6.14. The zero-order chi connectivity index (χ0) is 18.1. The van der Waals surface area contributed by atoms with Crippen LogP contribution in [0.4, 0.5) is 5.69 Å². The quantitative estimate of drug-likeness (QED) is 0.893. The molecule has 1 saturated heterocycles. The number of rotatable bonds is 3. The van der Waals surface area contributed by atoms with E-state index in [1.807, 2.05) is 12.1 Å². The van der Waals surface area contributed by atoms with Crippen molar-refractivity contribution in [3.05, 3.63) is 46.7 Å². The number of aromatic nitrogens is 2. The van der Waals surface area contributed by atoms with Crippen molar-refractivity contribution >= 4 is 17.3 Å². The molecule has 26 heavy (non-hydrogen) atoms. The van der Waals surface area contributed by atoms with E-state index in [4.69, 9.17) is 11.6 Å². The predicted molar refractivity (Wildman–Crippen MR) is 105 cm³/mol. The Morgan fingerprint density at radius 2 is 1.96 bits per heavy atom. The predicted octanol–water partition coefficient (Wildman–Crippen LogP) is 3.46. The first kappa shape index (κ1) is 17.8. The average Bonchev–Trinajstić information content (AvgIpc) is 2.94. The number of halogens is 1. The summed E-state index contributed by atoms with van der Waals surface area (Å²) < 4.78 is 2.09. The summed E-state index contributed by atoms with van der Waals surface area (Å²) in [6.45, 7) is 6.92. The number of anilines is 1. The fraction of sp³-hybridized carbons (Fsp3) is 0.550. The number of aliphatic hydroxyl groups is 1. The number of piperidine rings is 1. The lowest BCUT2D eigenvalue weighted by Gasteiger charge is -2.39. The summed E-state index contributed by atoms with van der Waals surface area (Å²) in [6.07, 6.45) is 2.96. The molecule has 1 N–H and O–H groups in total. The number of hydrogen-bond acceptors (Lipinski definition) is 4. The van der Waals surface area contributed by atoms with Gasteiger partial charge in [0.05, 0.1) is 17.5 Å². The first-order valence-electron chi connectivity index (χ1n) is 9.59. The molecule has 0 amide bonds. The van der Waals surface area contributed by atoms with Crippen LogP contribution in [0.1, 0.15) is 43.7 Å². The van der Waals surface area contributed by atoms with Crippen molar-refractivity contribution in [3.63, 3.8) is 0 Å². The van der Waals surface area contributed by atoms with E-state index in [1.165, 1.54) is 24.2 Å². The maximum atomic E-state index is 9.81. The number of aryl methyl sites for hydroxylation is 1. The van der Waals surface area contributed by atoms with Crippen LogP contribution in [-0.4, -0.2) is 45.5 Å². The maximum absolute atomic E-state index is 9.81. The fourth-order valence-corrected chi connectivity index (χ4v) is 4.37. The smallest absolute Gasteiger partial charge is 0.0950 e. The van der Waals surface area contributed by atoms with Crippen LogP contribution in [-0.2, 0) is 13.1 Å². The van der Waals surface area contributed by atoms with Crippen LogP contribution in [0.3, 0.4) is 0 Å². The largest absolute Gasteiger partial charge is 0.387 e. The number of fused-ring (bicyclic) bond motifs is 1. The molecular weight excluding hydrogens is 348 g/mol. The van der Waals surface area contributed by atoms with Gasteiger partial charge in [0.2, 0.25) is 0 Å². The lowest BCUT2D eigenvalue weighted by atomic mass is 10.0. The van der Waals surface area contributed by atoms with Crippen molar-refractivity contribution in [3.8, 4) is 0 Å². The third kappa shape index (κ3) is 3.75. The molecule has 4 rings (SSSR count). The van der Waals surface area contributed by atoms with Gasteiger partial charge in [0.1, 0.15) is 0 Å². The molecule has 2 aliphatic heterocycles. The van der Waals surface area contributed by atoms with Crippen LogP contribution in [0.5, 0.6) is 0 Å². The Balaban J connectivity index is 1.41. The van der Waals surface area contributed by atoms with Gasteiger partial charge in [0.25, 0.3) is 0 Å². The standard InChI is InChI=1S/C20H27ClN4O/c1-15(26)20-13-19-14-24(8-3-9-25(19)22-20)17-6-10-23(11-7-17)18-5-2-4-16(21)12-18/h2,4-5,12-13,15,17,26H,3,6-11,14H2,1H3. The molecule has 140 valence electrons. The van der Waals surface area contributed by atoms with Gasteiger partial charge in [0.15, 0.2) is 0 Å². The van der Waals surface area contributed by atoms with E-state index >= 15 is 0 Å². The van der Waals surface area contributed by atoms with Gasteiger partial charge in [-0.3, -0.25) is 9.58 Å². The van der Waals surface area contributed by atoms with Gasteiger partial charge >= 0.3 is 0 Å². The molecule has 1 fully saturated rings. The molecule has 1 aromatic heterocycles. The Kier molecular flexibility index (Phi) is 5.20. The first-order valence-corrected chi connectivity index (χ1v) is 9.97. The van der Waals surface area contributed by atoms with Crippen molar-refractivity contribution in [2.45, 2.75) is 51.4 Å². The van der Waals surface area contributed by atoms with E-state index in [0.29, 0.717) is 6.04 Å². The Morgan fingerprint density at radius 1 is 1.15 bits per heavy atom. The first-order chi connectivity index (χ1) is 12.6. The molecule has 1 aromatic carbocycles. The van der Waals surface area contributed by atoms with Crippen molar-refractivity contribution in [2.75, 3.05) is 24.5 Å². The summed E-state index contributed by atoms with van der Waals surface area (Å²) in [6, 6.07) is 10.9. The van der Waals surface area contributed by atoms with Gasteiger partial charge in [-0.1, -0.05) is 17.7 Å². The van der Waals surface area contributed by atoms with E-state index in [-0.39, 0.29) is 0 Å². The molecule has 1 unspecified atom stereocenters. The number of nitrogens with zero attached hydrogens (tertiary/aromatic N) is 4. The maximum Gasteiger partial charge on any atom is 0.0950 e. The highest BCUT2D eigenvalue weighted by atomic mass is 35.5. The highest BCUT2D eigenvalue weighted by Gasteiger charge is 2.27. The molecule has 5 nitrogen and oxygen atoms in total. The zero-order valence-electron chi connectivity index (χ0n) is 15.3. The molecule has 0 bridgehead atoms. The molecule has 0 radical (unpaired) electrons. The summed E-state index contributed by atoms with van der Waals surface area (Å²) in [4.78, 5) is 5.05. The SMILES string of the molecule is CC(O)c1cc2n(n1)CCCN(C1CCN(c3cccc(Cl)c3)CC1)C2. The Morgan fingerprint density at radius 3 is 2.69 bits per heavy atom. The molecule has 3 heterocycles. The second-order valence-electron chi connectivity index (χ2n) is 7.48. The lowest BCUT2D eigenvalue weighted by molar-refractivity contribution is 0.162. The second-order valence-corrected chi connectivity index (χ2v) is 7.92. The van der Waals surface area contributed by atoms with Gasteiger partial charge in [-0.15, -0.1) is 0 Å². The van der Waals surface area contributed by atoms with Gasteiger partial charge in [0, 0.05) is 49.5 Å². The van der Waals surface area contributed by atoms with Crippen LogP contribution >= 0.6 is 11.6 Å². The van der Waals surface area contributed by atoms with Gasteiger partial charge in [-0.05, 0) is 50.5 Å². The van der Waals surface area contributed by atoms with Crippen molar-refractivity contribution in [1.29, 1.82) is 0 Å². The van der Waals surface area contributed by atoms with Gasteiger partial charge in [-0.2, -0.15) is 5.10 Å². The summed E-state index contributed by atoms with van der Waals surface area (Å²) in [5, 5.41) is 15.2. The van der Waals surface area contributed by atoms with Crippen molar-refractivity contribution in [1.82, 2.24) is 14.7 Å². The fourth-order valence-electron chi connectivity index (χ4n) is 4.19. The molecule has 6 heteroatoms. The van der Waals surface area contributed by atoms with Crippen LogP contribution in [0, 0.1) is 0 Å². The summed E-state index contributed by atoms with van der Waals surface area (Å²) in [5.74, 6) is 0. The minimum atomic E-state index is -0.496. The highest BCUT2D eigenvalue weighted by molar-refractivity contribution is 6.30. The minimum Gasteiger partial charge on any atom is -0.387 e. The van der Waals surface area contributed by atoms with Crippen LogP contribution < -0.4 is 4.90 Å². The molecule has 0 saturated carbocycles. The topological polar surface area (TPSA) is 44.5 Å². The zero-order valence-corrected chi connectivity index (χ0v) is 16.1. The Labute approximate surface area is 160 Å². The molecule has 0 aliphatic carbocycles. The molecule has 2 aliphatic rings. The van der Waals surface area contributed by atoms with E-state index in [0.717, 1.165) is 49.9 Å². The van der Waals surface area contributed by atoms with Gasteiger partial charge < -0.3 is 10.0 Å². The van der Waals surface area contributed by atoms with E-state index in [9.17, 15) is 5.11 Å². The lowest BCUT2D eigenvalue weighted by Crippen LogP contribution is -2.44. The summed E-state index contributed by atoms with van der Waals surface area (Å²) in [5.41, 5.74) is 3.25. The van der Waals surface area contributed by atoms with Crippen molar-refractivity contribution < 1.29 is 5.11 Å². The molecule has 2 aromatic rings. The number of benzene rings is 1. The third-order valence-electron chi connectivity index (χ3n) is 5.64. The number of hydrogen-bond donors (Lipinski definition) is 1. The van der Waals surface area contributed by atoms with Gasteiger partial charge in [-0.25, -0.2) is 0 Å². The van der Waals surface area contributed by atoms with Crippen molar-refractivity contribution in [2.24, 2.45) is 0 Å². The van der Waals surface area contributed by atoms with E-state index < -0.39 is 6.10 Å². The van der Waals surface area contributed by atoms with Crippen LogP contribution in [0.2, 0.25) is 5.02 Å². The molecule has 1 atom stereocenters. The Bertz CT molecular complexity index is 752. The normalized spacial score (nSPS) is 20.7. The van der Waals surface area contributed by atoms with Crippen LogP contribution in [0.25, 0.3) is 0 Å². The Hall–Kier alpha value is -1.56. The number of aliphatic hydroxyl groups excluding tert-OH is 1. The van der Waals surface area contributed by atoms with E-state index in [2.05, 4.69) is 37.8 Å². The third-order valence-corrected chi connectivity index (χ3v) is 5.88. The monoisotopic (exact) mass is 374 g/mol. The second kappa shape index (κ2) is 7.59. The van der Waals surface area contributed by atoms with Crippen LogP contribution in [0.15, 0.2) is 30.3 Å². The highest BCUT2D eigenvalue weighted by Crippen LogP contribution is 2.27. The minimum absolute atomic E-state index is 0.496. The molecule has 0 spiro atoms. The summed E-state index contributed by atoms with van der Waals surface area (Å²) in [7, 11) is 0. The molecular formula is C20H27ClN4O. The van der Waals surface area contributed by atoms with E-state index in [1.54, 1.807) is 6.92 Å². The average molecular weight is 375 g/mol.